The summed E-state index contributed by atoms with van der Waals surface area (Å²) >= 11 is 3.35. The van der Waals surface area contributed by atoms with Crippen molar-refractivity contribution in [2.24, 2.45) is 0 Å². The van der Waals surface area contributed by atoms with Gasteiger partial charge in [0.05, 0.1) is 18.7 Å². The lowest BCUT2D eigenvalue weighted by atomic mass is 10.2. The van der Waals surface area contributed by atoms with E-state index < -0.39 is 0 Å². The molecule has 0 N–H and O–H groups in total. The van der Waals surface area contributed by atoms with Crippen LogP contribution in [-0.4, -0.2) is 7.11 Å². The second-order valence-corrected chi connectivity index (χ2v) is 4.84. The molecule has 4 heteroatoms. The summed E-state index contributed by atoms with van der Waals surface area (Å²) in [4.78, 5) is 0. The van der Waals surface area contributed by atoms with Gasteiger partial charge in [-0.1, -0.05) is 28.1 Å². The molecule has 96 valence electrons. The summed E-state index contributed by atoms with van der Waals surface area (Å²) in [6.45, 7) is 0.429. The lowest BCUT2D eigenvalue weighted by molar-refractivity contribution is 0.305. The van der Waals surface area contributed by atoms with E-state index in [0.717, 1.165) is 15.8 Å². The Labute approximate surface area is 120 Å². The first-order valence-corrected chi connectivity index (χ1v) is 6.47. The highest BCUT2D eigenvalue weighted by molar-refractivity contribution is 9.10. The van der Waals surface area contributed by atoms with Crippen molar-refractivity contribution in [2.75, 3.05) is 7.11 Å². The Morgan fingerprint density at radius 1 is 1.16 bits per heavy atom. The van der Waals surface area contributed by atoms with Crippen molar-refractivity contribution in [1.29, 1.82) is 5.26 Å². The minimum atomic E-state index is 0.429. The van der Waals surface area contributed by atoms with E-state index in [0.29, 0.717) is 17.9 Å². The minimum absolute atomic E-state index is 0.429. The number of methoxy groups -OCH3 is 1. The molecule has 0 atom stereocenters. The highest BCUT2D eigenvalue weighted by Gasteiger charge is 2.02. The van der Waals surface area contributed by atoms with Crippen molar-refractivity contribution < 1.29 is 9.47 Å². The van der Waals surface area contributed by atoms with Gasteiger partial charge in [-0.3, -0.25) is 0 Å². The van der Waals surface area contributed by atoms with Crippen LogP contribution in [0.5, 0.6) is 11.5 Å². The van der Waals surface area contributed by atoms with Crippen LogP contribution in [0, 0.1) is 11.3 Å². The second-order valence-electron chi connectivity index (χ2n) is 3.93. The Morgan fingerprint density at radius 2 is 2.00 bits per heavy atom. The Hall–Kier alpha value is -1.99. The SMILES string of the molecule is COc1cccc(COc2cc(Br)cc(C#N)c2)c1. The van der Waals surface area contributed by atoms with Crippen LogP contribution in [0.25, 0.3) is 0 Å². The fraction of sp³-hybridized carbons (Fsp3) is 0.133. The van der Waals surface area contributed by atoms with Crippen LogP contribution in [0.4, 0.5) is 0 Å². The van der Waals surface area contributed by atoms with Gasteiger partial charge < -0.3 is 9.47 Å². The zero-order valence-corrected chi connectivity index (χ0v) is 12.0. The average molecular weight is 318 g/mol. The van der Waals surface area contributed by atoms with Crippen molar-refractivity contribution in [3.05, 3.63) is 58.1 Å². The fourth-order valence-corrected chi connectivity index (χ4v) is 2.11. The predicted octanol–water partition coefficient (Wildman–Crippen LogP) is 3.91. The van der Waals surface area contributed by atoms with Crippen molar-refractivity contribution in [3.63, 3.8) is 0 Å². The maximum atomic E-state index is 8.90. The Morgan fingerprint density at radius 3 is 2.74 bits per heavy atom. The molecule has 0 aliphatic heterocycles. The summed E-state index contributed by atoms with van der Waals surface area (Å²) in [6.07, 6.45) is 0. The smallest absolute Gasteiger partial charge is 0.122 e. The number of nitrogens with zero attached hydrogens (tertiary/aromatic N) is 1. The van der Waals surface area contributed by atoms with Gasteiger partial charge in [-0.15, -0.1) is 0 Å². The summed E-state index contributed by atoms with van der Waals surface area (Å²) in [5, 5.41) is 8.90. The fourth-order valence-electron chi connectivity index (χ4n) is 1.64. The number of hydrogen-bond acceptors (Lipinski definition) is 3. The van der Waals surface area contributed by atoms with Crippen LogP contribution in [0.15, 0.2) is 46.9 Å². The third-order valence-electron chi connectivity index (χ3n) is 2.54. The number of halogens is 1. The van der Waals surface area contributed by atoms with Gasteiger partial charge in [-0.25, -0.2) is 0 Å². The third-order valence-corrected chi connectivity index (χ3v) is 3.00. The summed E-state index contributed by atoms with van der Waals surface area (Å²) in [5.41, 5.74) is 1.58. The van der Waals surface area contributed by atoms with Gasteiger partial charge in [-0.2, -0.15) is 5.26 Å². The molecule has 19 heavy (non-hydrogen) atoms. The quantitative estimate of drug-likeness (QED) is 0.858. The molecule has 0 fully saturated rings. The molecule has 2 aromatic rings. The Balaban J connectivity index is 2.10. The number of ether oxygens (including phenoxy) is 2. The van der Waals surface area contributed by atoms with E-state index in [1.807, 2.05) is 30.3 Å². The van der Waals surface area contributed by atoms with Crippen LogP contribution in [0.2, 0.25) is 0 Å². The van der Waals surface area contributed by atoms with Gasteiger partial charge in [0.1, 0.15) is 18.1 Å². The van der Waals surface area contributed by atoms with E-state index in [9.17, 15) is 0 Å². The first kappa shape index (κ1) is 13.4. The van der Waals surface area contributed by atoms with Gasteiger partial charge in [-0.05, 0) is 35.9 Å². The average Bonchev–Trinajstić information content (AvgIpc) is 2.44. The highest BCUT2D eigenvalue weighted by atomic mass is 79.9. The molecule has 0 amide bonds. The zero-order chi connectivity index (χ0) is 13.7. The first-order valence-electron chi connectivity index (χ1n) is 5.67. The molecule has 0 saturated carbocycles. The summed E-state index contributed by atoms with van der Waals surface area (Å²) in [6, 6.07) is 15.1. The molecule has 0 aliphatic carbocycles. The number of hydrogen-bond donors (Lipinski definition) is 0. The maximum absolute atomic E-state index is 8.90. The molecule has 0 aromatic heterocycles. The van der Waals surface area contributed by atoms with Crippen LogP contribution >= 0.6 is 15.9 Å². The van der Waals surface area contributed by atoms with Gasteiger partial charge in [0, 0.05) is 4.47 Å². The molecule has 0 radical (unpaired) electrons. The normalized spacial score (nSPS) is 9.74. The second kappa shape index (κ2) is 6.26. The molecular formula is C15H12BrNO2. The van der Waals surface area contributed by atoms with Crippen LogP contribution in [0.3, 0.4) is 0 Å². The molecule has 0 bridgehead atoms. The molecule has 0 aliphatic rings. The molecule has 2 rings (SSSR count). The van der Waals surface area contributed by atoms with Crippen molar-refractivity contribution in [1.82, 2.24) is 0 Å². The molecule has 0 saturated heterocycles. The summed E-state index contributed by atoms with van der Waals surface area (Å²) < 4.78 is 11.7. The molecule has 2 aromatic carbocycles. The highest BCUT2D eigenvalue weighted by Crippen LogP contribution is 2.22. The maximum Gasteiger partial charge on any atom is 0.122 e. The lowest BCUT2D eigenvalue weighted by Gasteiger charge is -2.08. The van der Waals surface area contributed by atoms with Crippen LogP contribution < -0.4 is 9.47 Å². The standard InChI is InChI=1S/C15H12BrNO2/c1-18-14-4-2-3-11(6-14)10-19-15-7-12(9-17)5-13(16)8-15/h2-8H,10H2,1H3. The lowest BCUT2D eigenvalue weighted by Crippen LogP contribution is -1.96. The van der Waals surface area contributed by atoms with E-state index >= 15 is 0 Å². The van der Waals surface area contributed by atoms with Crippen molar-refractivity contribution in [2.45, 2.75) is 6.61 Å². The molecular weight excluding hydrogens is 306 g/mol. The number of nitriles is 1. The van der Waals surface area contributed by atoms with Gasteiger partial charge in [0.25, 0.3) is 0 Å². The first-order chi connectivity index (χ1) is 9.21. The van der Waals surface area contributed by atoms with E-state index in [2.05, 4.69) is 22.0 Å². The summed E-state index contributed by atoms with van der Waals surface area (Å²) in [7, 11) is 1.63. The van der Waals surface area contributed by atoms with Crippen molar-refractivity contribution in [3.8, 4) is 17.6 Å². The third kappa shape index (κ3) is 3.73. The van der Waals surface area contributed by atoms with E-state index in [4.69, 9.17) is 14.7 Å². The molecule has 0 heterocycles. The van der Waals surface area contributed by atoms with Crippen LogP contribution in [0.1, 0.15) is 11.1 Å². The van der Waals surface area contributed by atoms with E-state index in [-0.39, 0.29) is 0 Å². The molecule has 3 nitrogen and oxygen atoms in total. The predicted molar refractivity (Wildman–Crippen MR) is 76.2 cm³/mol. The van der Waals surface area contributed by atoms with Crippen molar-refractivity contribution >= 4 is 15.9 Å². The van der Waals surface area contributed by atoms with Gasteiger partial charge >= 0.3 is 0 Å². The van der Waals surface area contributed by atoms with Gasteiger partial charge in [0.15, 0.2) is 0 Å². The topological polar surface area (TPSA) is 42.2 Å². The van der Waals surface area contributed by atoms with E-state index in [1.165, 1.54) is 0 Å². The Kier molecular flexibility index (Phi) is 4.43. The molecule has 0 spiro atoms. The van der Waals surface area contributed by atoms with Crippen LogP contribution in [-0.2, 0) is 6.61 Å². The number of benzene rings is 2. The summed E-state index contributed by atoms with van der Waals surface area (Å²) in [5.74, 6) is 1.46. The van der Waals surface area contributed by atoms with Gasteiger partial charge in [0.2, 0.25) is 0 Å². The molecule has 0 unspecified atom stereocenters. The monoisotopic (exact) mass is 317 g/mol. The van der Waals surface area contributed by atoms with E-state index in [1.54, 1.807) is 19.2 Å². The Bertz CT molecular complexity index is 620. The zero-order valence-electron chi connectivity index (χ0n) is 10.4. The minimum Gasteiger partial charge on any atom is -0.497 e. The number of rotatable bonds is 4. The largest absolute Gasteiger partial charge is 0.497 e.